The molecule has 1 atom stereocenters. The Bertz CT molecular complexity index is 881. The van der Waals surface area contributed by atoms with E-state index in [9.17, 15) is 14.0 Å². The summed E-state index contributed by atoms with van der Waals surface area (Å²) in [6.45, 7) is 3.04. The first kappa shape index (κ1) is 18.7. The summed E-state index contributed by atoms with van der Waals surface area (Å²) in [6, 6.07) is 13.5. The van der Waals surface area contributed by atoms with Crippen LogP contribution in [0.5, 0.6) is 0 Å². The van der Waals surface area contributed by atoms with E-state index < -0.39 is 0 Å². The largest absolute Gasteiger partial charge is 0.368 e. The molecular formula is C21H21ClFN3O2. The zero-order valence-electron chi connectivity index (χ0n) is 15.4. The normalized spacial score (nSPS) is 20.0. The van der Waals surface area contributed by atoms with Crippen LogP contribution >= 0.6 is 11.6 Å². The molecule has 4 rings (SSSR count). The molecule has 0 aliphatic carbocycles. The van der Waals surface area contributed by atoms with Crippen molar-refractivity contribution in [3.63, 3.8) is 0 Å². The molecular weight excluding hydrogens is 381 g/mol. The van der Waals surface area contributed by atoms with E-state index in [1.54, 1.807) is 17.0 Å². The topological polar surface area (TPSA) is 43.9 Å². The molecule has 2 fully saturated rings. The molecule has 0 aromatic heterocycles. The second-order valence-corrected chi connectivity index (χ2v) is 7.61. The molecule has 2 aliphatic heterocycles. The maximum absolute atomic E-state index is 13.1. The zero-order valence-corrected chi connectivity index (χ0v) is 16.1. The molecule has 0 saturated carbocycles. The minimum Gasteiger partial charge on any atom is -0.368 e. The lowest BCUT2D eigenvalue weighted by Crippen LogP contribution is -2.50. The first-order valence-corrected chi connectivity index (χ1v) is 9.74. The Labute approximate surface area is 168 Å². The van der Waals surface area contributed by atoms with Crippen molar-refractivity contribution < 1.29 is 14.0 Å². The van der Waals surface area contributed by atoms with Gasteiger partial charge in [0.25, 0.3) is 0 Å². The van der Waals surface area contributed by atoms with E-state index in [4.69, 9.17) is 11.6 Å². The lowest BCUT2D eigenvalue weighted by molar-refractivity contribution is -0.136. The zero-order chi connectivity index (χ0) is 19.7. The van der Waals surface area contributed by atoms with Crippen molar-refractivity contribution >= 4 is 34.8 Å². The van der Waals surface area contributed by atoms with Crippen LogP contribution in [0.15, 0.2) is 48.5 Å². The quantitative estimate of drug-likeness (QED) is 0.793. The molecule has 146 valence electrons. The van der Waals surface area contributed by atoms with Crippen LogP contribution < -0.4 is 9.80 Å². The van der Waals surface area contributed by atoms with Crippen molar-refractivity contribution in [1.82, 2.24) is 4.90 Å². The van der Waals surface area contributed by atoms with Crippen LogP contribution in [-0.2, 0) is 9.59 Å². The fraction of sp³-hybridized carbons (Fsp3) is 0.333. The predicted molar refractivity (Wildman–Crippen MR) is 107 cm³/mol. The van der Waals surface area contributed by atoms with Gasteiger partial charge in [-0.15, -0.1) is 0 Å². The molecule has 28 heavy (non-hydrogen) atoms. The number of nitrogens with zero attached hydrogens (tertiary/aromatic N) is 3. The molecule has 2 heterocycles. The van der Waals surface area contributed by atoms with Gasteiger partial charge in [-0.1, -0.05) is 17.7 Å². The summed E-state index contributed by atoms with van der Waals surface area (Å²) in [5.74, 6) is -0.776. The molecule has 0 radical (unpaired) electrons. The van der Waals surface area contributed by atoms with Gasteiger partial charge in [-0.25, -0.2) is 4.39 Å². The highest BCUT2D eigenvalue weighted by Gasteiger charge is 2.37. The lowest BCUT2D eigenvalue weighted by atomic mass is 10.1. The van der Waals surface area contributed by atoms with Gasteiger partial charge < -0.3 is 14.7 Å². The van der Waals surface area contributed by atoms with Crippen LogP contribution in [0.4, 0.5) is 15.8 Å². The van der Waals surface area contributed by atoms with Gasteiger partial charge in [0.15, 0.2) is 0 Å². The van der Waals surface area contributed by atoms with E-state index in [-0.39, 0.29) is 30.0 Å². The van der Waals surface area contributed by atoms with Gasteiger partial charge in [0, 0.05) is 55.5 Å². The van der Waals surface area contributed by atoms with Crippen molar-refractivity contribution in [3.8, 4) is 0 Å². The number of rotatable bonds is 3. The summed E-state index contributed by atoms with van der Waals surface area (Å²) in [7, 11) is 0. The first-order valence-electron chi connectivity index (χ1n) is 9.36. The Hall–Kier alpha value is -2.60. The van der Waals surface area contributed by atoms with E-state index >= 15 is 0 Å². The Morgan fingerprint density at radius 3 is 2.39 bits per heavy atom. The molecule has 2 saturated heterocycles. The second kappa shape index (κ2) is 7.80. The van der Waals surface area contributed by atoms with Crippen molar-refractivity contribution in [2.45, 2.75) is 6.42 Å². The Balaban J connectivity index is 1.36. The fourth-order valence-corrected chi connectivity index (χ4v) is 4.04. The number of carbonyl (C=O) groups is 2. The van der Waals surface area contributed by atoms with Crippen LogP contribution in [-0.4, -0.2) is 49.4 Å². The smallest absolute Gasteiger partial charge is 0.228 e. The standard InChI is InChI=1S/C21H21ClFN3O2/c22-16-2-1-3-19(13-16)24-8-10-25(11-9-24)21(28)15-12-20(27)26(14-15)18-6-4-17(23)5-7-18/h1-7,13,15H,8-12,14H2. The average Bonchev–Trinajstić information content (AvgIpc) is 3.10. The monoisotopic (exact) mass is 401 g/mol. The Morgan fingerprint density at radius 1 is 1.00 bits per heavy atom. The molecule has 0 N–H and O–H groups in total. The SMILES string of the molecule is O=C(C1CC(=O)N(c2ccc(F)cc2)C1)N1CCN(c2cccc(Cl)c2)CC1. The molecule has 5 nitrogen and oxygen atoms in total. The summed E-state index contributed by atoms with van der Waals surface area (Å²) in [6.07, 6.45) is 0.199. The van der Waals surface area contributed by atoms with Crippen molar-refractivity contribution in [3.05, 3.63) is 59.4 Å². The van der Waals surface area contributed by atoms with Crippen LogP contribution in [0.3, 0.4) is 0 Å². The highest BCUT2D eigenvalue weighted by atomic mass is 35.5. The van der Waals surface area contributed by atoms with Crippen LogP contribution in [0.25, 0.3) is 0 Å². The van der Waals surface area contributed by atoms with Gasteiger partial charge in [-0.3, -0.25) is 9.59 Å². The average molecular weight is 402 g/mol. The number of amides is 2. The van der Waals surface area contributed by atoms with E-state index in [2.05, 4.69) is 4.90 Å². The highest BCUT2D eigenvalue weighted by molar-refractivity contribution is 6.30. The number of hydrogen-bond acceptors (Lipinski definition) is 3. The van der Waals surface area contributed by atoms with Crippen LogP contribution in [0.1, 0.15) is 6.42 Å². The van der Waals surface area contributed by atoms with Crippen LogP contribution in [0.2, 0.25) is 5.02 Å². The van der Waals surface area contributed by atoms with Crippen molar-refractivity contribution in [2.75, 3.05) is 42.5 Å². The van der Waals surface area contributed by atoms with Gasteiger partial charge >= 0.3 is 0 Å². The fourth-order valence-electron chi connectivity index (χ4n) is 3.86. The number of piperazine rings is 1. The van der Waals surface area contributed by atoms with Gasteiger partial charge in [0.1, 0.15) is 5.82 Å². The third-order valence-corrected chi connectivity index (χ3v) is 5.61. The van der Waals surface area contributed by atoms with Crippen LogP contribution in [0, 0.1) is 11.7 Å². The second-order valence-electron chi connectivity index (χ2n) is 7.17. The maximum Gasteiger partial charge on any atom is 0.228 e. The summed E-state index contributed by atoms with van der Waals surface area (Å²) in [5.41, 5.74) is 1.69. The number of carbonyl (C=O) groups excluding carboxylic acids is 2. The van der Waals surface area contributed by atoms with Gasteiger partial charge in [0.05, 0.1) is 5.92 Å². The number of benzene rings is 2. The molecule has 1 unspecified atom stereocenters. The van der Waals surface area contributed by atoms with Crippen molar-refractivity contribution in [1.29, 1.82) is 0 Å². The minimum absolute atomic E-state index is 0.0173. The number of hydrogen-bond donors (Lipinski definition) is 0. The van der Waals surface area contributed by atoms with E-state index in [0.29, 0.717) is 30.3 Å². The van der Waals surface area contributed by atoms with Crippen molar-refractivity contribution in [2.24, 2.45) is 5.92 Å². The summed E-state index contributed by atoms with van der Waals surface area (Å²) in [5, 5.41) is 0.696. The third-order valence-electron chi connectivity index (χ3n) is 5.38. The predicted octanol–water partition coefficient (Wildman–Crippen LogP) is 3.18. The number of anilines is 2. The maximum atomic E-state index is 13.1. The van der Waals surface area contributed by atoms with E-state index in [1.165, 1.54) is 12.1 Å². The van der Waals surface area contributed by atoms with E-state index in [1.807, 2.05) is 29.2 Å². The minimum atomic E-state index is -0.352. The molecule has 0 spiro atoms. The van der Waals surface area contributed by atoms with Gasteiger partial charge in [-0.2, -0.15) is 0 Å². The summed E-state index contributed by atoms with van der Waals surface area (Å²) >= 11 is 6.07. The summed E-state index contributed by atoms with van der Waals surface area (Å²) in [4.78, 5) is 30.9. The lowest BCUT2D eigenvalue weighted by Gasteiger charge is -2.37. The Kier molecular flexibility index (Phi) is 5.22. The molecule has 7 heteroatoms. The first-order chi connectivity index (χ1) is 13.5. The molecule has 0 bridgehead atoms. The molecule has 2 aromatic carbocycles. The Morgan fingerprint density at radius 2 is 1.71 bits per heavy atom. The highest BCUT2D eigenvalue weighted by Crippen LogP contribution is 2.27. The van der Waals surface area contributed by atoms with Gasteiger partial charge in [0.2, 0.25) is 11.8 Å². The van der Waals surface area contributed by atoms with Gasteiger partial charge in [-0.05, 0) is 42.5 Å². The molecule has 2 amide bonds. The number of halogens is 2. The summed E-state index contributed by atoms with van der Waals surface area (Å²) < 4.78 is 13.1. The molecule has 2 aliphatic rings. The third kappa shape index (κ3) is 3.83. The molecule has 2 aromatic rings. The van der Waals surface area contributed by atoms with E-state index in [0.717, 1.165) is 18.8 Å².